The summed E-state index contributed by atoms with van der Waals surface area (Å²) in [5, 5.41) is 3.37. The Balaban J connectivity index is 1.79. The third kappa shape index (κ3) is 5.18. The molecule has 1 amide bonds. The molecule has 30 heavy (non-hydrogen) atoms. The molecular formula is C22H21ClN2O4S. The van der Waals surface area contributed by atoms with Crippen molar-refractivity contribution in [1.29, 1.82) is 0 Å². The molecule has 0 saturated heterocycles. The Morgan fingerprint density at radius 2 is 1.73 bits per heavy atom. The summed E-state index contributed by atoms with van der Waals surface area (Å²) in [5.74, 6) is 0.0125. The lowest BCUT2D eigenvalue weighted by atomic mass is 10.1. The van der Waals surface area contributed by atoms with Gasteiger partial charge in [0.2, 0.25) is 10.0 Å². The molecule has 6 nitrogen and oxygen atoms in total. The minimum Gasteiger partial charge on any atom is -0.488 e. The number of benzene rings is 3. The number of anilines is 1. The minimum atomic E-state index is -3.64. The molecule has 2 N–H and O–H groups in total. The summed E-state index contributed by atoms with van der Waals surface area (Å²) in [6, 6.07) is 18.8. The maximum Gasteiger partial charge on any atom is 0.259 e. The average molecular weight is 445 g/mol. The van der Waals surface area contributed by atoms with Crippen molar-refractivity contribution >= 4 is 33.2 Å². The van der Waals surface area contributed by atoms with Crippen LogP contribution in [0.15, 0.2) is 71.6 Å². The van der Waals surface area contributed by atoms with Crippen LogP contribution in [0.25, 0.3) is 0 Å². The van der Waals surface area contributed by atoms with E-state index in [1.807, 2.05) is 12.1 Å². The number of carbonyl (C=O) groups excluding carboxylic acids is 1. The molecule has 0 aliphatic rings. The van der Waals surface area contributed by atoms with Gasteiger partial charge in [0.05, 0.1) is 10.5 Å². The summed E-state index contributed by atoms with van der Waals surface area (Å²) in [4.78, 5) is 12.9. The van der Waals surface area contributed by atoms with Gasteiger partial charge in [-0.3, -0.25) is 4.79 Å². The fourth-order valence-corrected chi connectivity index (χ4v) is 3.92. The molecule has 3 rings (SSSR count). The topological polar surface area (TPSA) is 84.5 Å². The van der Waals surface area contributed by atoms with Crippen LogP contribution in [0.5, 0.6) is 5.75 Å². The van der Waals surface area contributed by atoms with E-state index in [0.29, 0.717) is 27.6 Å². The van der Waals surface area contributed by atoms with Gasteiger partial charge in [-0.15, -0.1) is 0 Å². The van der Waals surface area contributed by atoms with Crippen LogP contribution in [-0.2, 0) is 16.6 Å². The van der Waals surface area contributed by atoms with Gasteiger partial charge in [-0.2, -0.15) is 0 Å². The second kappa shape index (κ2) is 9.30. The molecule has 0 spiro atoms. The zero-order valence-corrected chi connectivity index (χ0v) is 18.0. The van der Waals surface area contributed by atoms with Gasteiger partial charge in [-0.05, 0) is 61.5 Å². The van der Waals surface area contributed by atoms with Crippen LogP contribution in [0.3, 0.4) is 0 Å². The van der Waals surface area contributed by atoms with Crippen LogP contribution in [0.1, 0.15) is 21.5 Å². The van der Waals surface area contributed by atoms with Gasteiger partial charge in [-0.1, -0.05) is 41.9 Å². The number of hydrogen-bond donors (Lipinski definition) is 2. The quantitative estimate of drug-likeness (QED) is 0.566. The van der Waals surface area contributed by atoms with E-state index < -0.39 is 15.9 Å². The molecular weight excluding hydrogens is 424 g/mol. The fourth-order valence-electron chi connectivity index (χ4n) is 2.80. The lowest BCUT2D eigenvalue weighted by Crippen LogP contribution is -2.20. The molecule has 0 aliphatic heterocycles. The summed E-state index contributed by atoms with van der Waals surface area (Å²) < 4.78 is 32.5. The zero-order valence-electron chi connectivity index (χ0n) is 16.5. The Bertz CT molecular complexity index is 1160. The summed E-state index contributed by atoms with van der Waals surface area (Å²) in [6.45, 7) is 1.96. The number of hydrogen-bond acceptors (Lipinski definition) is 4. The number of ether oxygens (including phenoxy) is 1. The molecule has 0 bridgehead atoms. The Hall–Kier alpha value is -2.87. The molecule has 0 heterocycles. The first-order chi connectivity index (χ1) is 14.3. The number of rotatable bonds is 7. The van der Waals surface area contributed by atoms with Crippen LogP contribution in [0.2, 0.25) is 5.02 Å². The average Bonchev–Trinajstić information content (AvgIpc) is 2.74. The van der Waals surface area contributed by atoms with Crippen molar-refractivity contribution in [2.24, 2.45) is 0 Å². The SMILES string of the molecule is CNS(=O)(=O)c1cc(NC(=O)c2ccccc2OCc2ccc(Cl)cc2)ccc1C. The molecule has 0 radical (unpaired) electrons. The number of para-hydroxylation sites is 1. The van der Waals surface area contributed by atoms with Crippen LogP contribution in [-0.4, -0.2) is 21.4 Å². The number of nitrogens with one attached hydrogen (secondary N) is 2. The molecule has 0 atom stereocenters. The molecule has 0 aliphatic carbocycles. The summed E-state index contributed by atoms with van der Waals surface area (Å²) in [6.07, 6.45) is 0. The summed E-state index contributed by atoms with van der Waals surface area (Å²) in [7, 11) is -2.30. The number of carbonyl (C=O) groups is 1. The highest BCUT2D eigenvalue weighted by atomic mass is 35.5. The van der Waals surface area contributed by atoms with Crippen LogP contribution in [0.4, 0.5) is 5.69 Å². The Kier molecular flexibility index (Phi) is 6.77. The third-order valence-electron chi connectivity index (χ3n) is 4.44. The fraction of sp³-hybridized carbons (Fsp3) is 0.136. The van der Waals surface area contributed by atoms with Gasteiger partial charge in [-0.25, -0.2) is 13.1 Å². The highest BCUT2D eigenvalue weighted by Crippen LogP contribution is 2.24. The lowest BCUT2D eigenvalue weighted by molar-refractivity contribution is 0.102. The van der Waals surface area contributed by atoms with E-state index in [9.17, 15) is 13.2 Å². The van der Waals surface area contributed by atoms with E-state index in [2.05, 4.69) is 10.0 Å². The number of amides is 1. The molecule has 0 unspecified atom stereocenters. The van der Waals surface area contributed by atoms with Crippen molar-refractivity contribution in [2.45, 2.75) is 18.4 Å². The highest BCUT2D eigenvalue weighted by molar-refractivity contribution is 7.89. The molecule has 8 heteroatoms. The molecule has 0 aromatic heterocycles. The smallest absolute Gasteiger partial charge is 0.259 e. The monoisotopic (exact) mass is 444 g/mol. The Morgan fingerprint density at radius 3 is 2.43 bits per heavy atom. The van der Waals surface area contributed by atoms with Crippen molar-refractivity contribution < 1.29 is 17.9 Å². The Labute approximate surface area is 180 Å². The van der Waals surface area contributed by atoms with Crippen molar-refractivity contribution in [3.8, 4) is 5.75 Å². The van der Waals surface area contributed by atoms with Gasteiger partial charge in [0.1, 0.15) is 12.4 Å². The first kappa shape index (κ1) is 21.8. The maximum atomic E-state index is 12.8. The van der Waals surface area contributed by atoms with E-state index >= 15 is 0 Å². The van der Waals surface area contributed by atoms with Gasteiger partial charge < -0.3 is 10.1 Å². The normalized spacial score (nSPS) is 11.2. The van der Waals surface area contributed by atoms with E-state index in [0.717, 1.165) is 5.56 Å². The van der Waals surface area contributed by atoms with E-state index in [-0.39, 0.29) is 11.5 Å². The molecule has 3 aromatic carbocycles. The molecule has 156 valence electrons. The molecule has 3 aromatic rings. The van der Waals surface area contributed by atoms with E-state index in [4.69, 9.17) is 16.3 Å². The Morgan fingerprint density at radius 1 is 1.03 bits per heavy atom. The largest absolute Gasteiger partial charge is 0.488 e. The van der Waals surface area contributed by atoms with Crippen LogP contribution >= 0.6 is 11.6 Å². The van der Waals surface area contributed by atoms with Crippen molar-refractivity contribution in [2.75, 3.05) is 12.4 Å². The van der Waals surface area contributed by atoms with Crippen LogP contribution in [0, 0.1) is 6.92 Å². The molecule has 0 saturated carbocycles. The second-order valence-corrected chi connectivity index (χ2v) is 8.84. The van der Waals surface area contributed by atoms with E-state index in [1.165, 1.54) is 13.1 Å². The maximum absolute atomic E-state index is 12.8. The predicted octanol–water partition coefficient (Wildman–Crippen LogP) is 4.39. The summed E-state index contributed by atoms with van der Waals surface area (Å²) >= 11 is 5.90. The van der Waals surface area contributed by atoms with Gasteiger partial charge in [0.25, 0.3) is 5.91 Å². The third-order valence-corrected chi connectivity index (χ3v) is 6.25. The first-order valence-electron chi connectivity index (χ1n) is 9.12. The number of sulfonamides is 1. The number of aryl methyl sites for hydroxylation is 1. The predicted molar refractivity (Wildman–Crippen MR) is 118 cm³/mol. The molecule has 0 fully saturated rings. The van der Waals surface area contributed by atoms with Crippen molar-refractivity contribution in [3.05, 3.63) is 88.4 Å². The highest BCUT2D eigenvalue weighted by Gasteiger charge is 2.17. The van der Waals surface area contributed by atoms with Crippen molar-refractivity contribution in [1.82, 2.24) is 4.72 Å². The van der Waals surface area contributed by atoms with Gasteiger partial charge in [0.15, 0.2) is 0 Å². The minimum absolute atomic E-state index is 0.107. The van der Waals surface area contributed by atoms with Crippen molar-refractivity contribution in [3.63, 3.8) is 0 Å². The standard InChI is InChI=1S/C22H21ClN2O4S/c1-15-7-12-18(13-21(15)30(27,28)24-2)25-22(26)19-5-3-4-6-20(19)29-14-16-8-10-17(23)11-9-16/h3-13,24H,14H2,1-2H3,(H,25,26). The van der Waals surface area contributed by atoms with Crippen LogP contribution < -0.4 is 14.8 Å². The summed E-state index contributed by atoms with van der Waals surface area (Å²) in [5.41, 5.74) is 2.20. The lowest BCUT2D eigenvalue weighted by Gasteiger charge is -2.13. The van der Waals surface area contributed by atoms with Gasteiger partial charge in [0, 0.05) is 10.7 Å². The van der Waals surface area contributed by atoms with Gasteiger partial charge >= 0.3 is 0 Å². The first-order valence-corrected chi connectivity index (χ1v) is 11.0. The number of halogens is 1. The second-order valence-electron chi connectivity index (χ2n) is 6.55. The zero-order chi connectivity index (χ0) is 21.7. The van der Waals surface area contributed by atoms with E-state index in [1.54, 1.807) is 55.5 Å².